The first-order valence-electron chi connectivity index (χ1n) is 7.87. The number of esters is 1. The van der Waals surface area contributed by atoms with Crippen molar-refractivity contribution >= 4 is 32.9 Å². The van der Waals surface area contributed by atoms with Crippen LogP contribution in [0.1, 0.15) is 23.0 Å². The van der Waals surface area contributed by atoms with Gasteiger partial charge in [0.25, 0.3) is 0 Å². The van der Waals surface area contributed by atoms with Crippen molar-refractivity contribution < 1.29 is 13.9 Å². The molecule has 1 aromatic carbocycles. The van der Waals surface area contributed by atoms with E-state index in [0.717, 1.165) is 47.2 Å². The van der Waals surface area contributed by atoms with Crippen LogP contribution >= 0.6 is 15.9 Å². The number of nitrogens with zero attached hydrogens (tertiary/aromatic N) is 2. The maximum atomic E-state index is 12.3. The summed E-state index contributed by atoms with van der Waals surface area (Å²) >= 11 is 3.50. The third-order valence-corrected chi connectivity index (χ3v) is 4.68. The Kier molecular flexibility index (Phi) is 5.04. The number of hydrogen-bond donors (Lipinski definition) is 0. The van der Waals surface area contributed by atoms with Gasteiger partial charge < -0.3 is 14.1 Å². The Morgan fingerprint density at radius 1 is 1.30 bits per heavy atom. The smallest absolute Gasteiger partial charge is 0.374 e. The molecule has 0 amide bonds. The summed E-state index contributed by atoms with van der Waals surface area (Å²) in [5, 5.41) is 0.973. The molecule has 3 rings (SSSR count). The number of rotatable bonds is 4. The van der Waals surface area contributed by atoms with E-state index in [1.807, 2.05) is 18.2 Å². The molecule has 0 bridgehead atoms. The largest absolute Gasteiger partial charge is 0.460 e. The maximum Gasteiger partial charge on any atom is 0.374 e. The van der Waals surface area contributed by atoms with E-state index in [-0.39, 0.29) is 5.97 Å². The number of likely N-dealkylation sites (N-methyl/N-ethyl adjacent to an activating group) is 1. The van der Waals surface area contributed by atoms with E-state index in [0.29, 0.717) is 18.9 Å². The lowest BCUT2D eigenvalue weighted by atomic mass is 10.1. The van der Waals surface area contributed by atoms with E-state index < -0.39 is 0 Å². The van der Waals surface area contributed by atoms with Gasteiger partial charge in [-0.3, -0.25) is 4.90 Å². The zero-order valence-electron chi connectivity index (χ0n) is 13.5. The summed E-state index contributed by atoms with van der Waals surface area (Å²) in [6.07, 6.45) is 0. The molecule has 2 heterocycles. The Hall–Kier alpha value is -1.37. The van der Waals surface area contributed by atoms with E-state index in [1.54, 1.807) is 6.92 Å². The third-order valence-electron chi connectivity index (χ3n) is 4.19. The molecule has 6 heteroatoms. The molecule has 0 radical (unpaired) electrons. The molecule has 1 aromatic heterocycles. The molecule has 23 heavy (non-hydrogen) atoms. The van der Waals surface area contributed by atoms with Gasteiger partial charge in [-0.15, -0.1) is 0 Å². The molecular formula is C17H21BrN2O3. The van der Waals surface area contributed by atoms with E-state index in [4.69, 9.17) is 9.15 Å². The molecule has 124 valence electrons. The molecule has 1 fully saturated rings. The number of carbonyl (C=O) groups excluding carboxylic acids is 1. The Labute approximate surface area is 144 Å². The van der Waals surface area contributed by atoms with Gasteiger partial charge in [-0.2, -0.15) is 0 Å². The highest BCUT2D eigenvalue weighted by Crippen LogP contribution is 2.30. The van der Waals surface area contributed by atoms with Gasteiger partial charge in [0.2, 0.25) is 5.76 Å². The van der Waals surface area contributed by atoms with Crippen molar-refractivity contribution in [2.45, 2.75) is 13.5 Å². The van der Waals surface area contributed by atoms with Crippen LogP contribution in [0.4, 0.5) is 0 Å². The predicted octanol–water partition coefficient (Wildman–Crippen LogP) is 3.12. The first-order chi connectivity index (χ1) is 11.1. The van der Waals surface area contributed by atoms with E-state index in [9.17, 15) is 4.79 Å². The predicted molar refractivity (Wildman–Crippen MR) is 92.6 cm³/mol. The summed E-state index contributed by atoms with van der Waals surface area (Å²) in [4.78, 5) is 16.9. The van der Waals surface area contributed by atoms with Crippen LogP contribution in [0.25, 0.3) is 11.0 Å². The summed E-state index contributed by atoms with van der Waals surface area (Å²) < 4.78 is 11.9. The van der Waals surface area contributed by atoms with E-state index in [2.05, 4.69) is 32.8 Å². The van der Waals surface area contributed by atoms with E-state index in [1.165, 1.54) is 0 Å². The molecule has 5 nitrogen and oxygen atoms in total. The van der Waals surface area contributed by atoms with Crippen LogP contribution in [0, 0.1) is 0 Å². The van der Waals surface area contributed by atoms with Gasteiger partial charge >= 0.3 is 5.97 Å². The van der Waals surface area contributed by atoms with Gasteiger partial charge in [0.1, 0.15) is 5.58 Å². The second kappa shape index (κ2) is 7.03. The monoisotopic (exact) mass is 380 g/mol. The summed E-state index contributed by atoms with van der Waals surface area (Å²) in [6.45, 7) is 6.89. The molecule has 1 aliphatic rings. The lowest BCUT2D eigenvalue weighted by molar-refractivity contribution is 0.0488. The minimum absolute atomic E-state index is 0.332. The Morgan fingerprint density at radius 2 is 2.04 bits per heavy atom. The molecular weight excluding hydrogens is 360 g/mol. The summed E-state index contributed by atoms with van der Waals surface area (Å²) in [5.41, 5.74) is 1.64. The molecule has 0 spiro atoms. The quantitative estimate of drug-likeness (QED) is 0.762. The molecule has 1 saturated heterocycles. The number of furan rings is 1. The topological polar surface area (TPSA) is 45.9 Å². The minimum Gasteiger partial charge on any atom is -0.460 e. The third kappa shape index (κ3) is 3.59. The second-order valence-electron chi connectivity index (χ2n) is 5.85. The number of ether oxygens (including phenoxy) is 1. The number of piperazine rings is 1. The van der Waals surface area contributed by atoms with Crippen LogP contribution in [-0.4, -0.2) is 55.6 Å². The van der Waals surface area contributed by atoms with Crippen LogP contribution in [0.15, 0.2) is 27.1 Å². The van der Waals surface area contributed by atoms with Crippen LogP contribution in [0.2, 0.25) is 0 Å². The average molecular weight is 381 g/mol. The molecule has 1 aliphatic heterocycles. The molecule has 0 aliphatic carbocycles. The van der Waals surface area contributed by atoms with Crippen LogP contribution in [0.3, 0.4) is 0 Å². The Balaban J connectivity index is 1.96. The second-order valence-corrected chi connectivity index (χ2v) is 6.77. The average Bonchev–Trinajstić information content (AvgIpc) is 2.88. The van der Waals surface area contributed by atoms with Crippen molar-refractivity contribution in [2.75, 3.05) is 39.8 Å². The van der Waals surface area contributed by atoms with Crippen LogP contribution < -0.4 is 0 Å². The number of halogens is 1. The molecule has 0 N–H and O–H groups in total. The zero-order valence-corrected chi connectivity index (χ0v) is 15.1. The summed E-state index contributed by atoms with van der Waals surface area (Å²) in [5.74, 6) is -0.0529. The summed E-state index contributed by atoms with van der Waals surface area (Å²) in [6, 6.07) is 5.81. The normalized spacial score (nSPS) is 16.8. The first kappa shape index (κ1) is 16.5. The number of hydrogen-bond acceptors (Lipinski definition) is 5. The highest BCUT2D eigenvalue weighted by atomic mass is 79.9. The molecule has 0 unspecified atom stereocenters. The lowest BCUT2D eigenvalue weighted by Crippen LogP contribution is -2.44. The molecule has 0 atom stereocenters. The fraction of sp³-hybridized carbons (Fsp3) is 0.471. The first-order valence-corrected chi connectivity index (χ1v) is 8.66. The van der Waals surface area contributed by atoms with Crippen LogP contribution in [0.5, 0.6) is 0 Å². The van der Waals surface area contributed by atoms with Gasteiger partial charge in [0.15, 0.2) is 0 Å². The highest BCUT2D eigenvalue weighted by Gasteiger charge is 2.24. The number of carbonyl (C=O) groups is 1. The van der Waals surface area contributed by atoms with Gasteiger partial charge in [-0.1, -0.05) is 15.9 Å². The highest BCUT2D eigenvalue weighted by molar-refractivity contribution is 9.10. The van der Waals surface area contributed by atoms with Gasteiger partial charge in [0, 0.05) is 48.1 Å². The van der Waals surface area contributed by atoms with Crippen LogP contribution in [-0.2, 0) is 11.3 Å². The number of fused-ring (bicyclic) bond motifs is 1. The Morgan fingerprint density at radius 3 is 2.74 bits per heavy atom. The van der Waals surface area contributed by atoms with E-state index >= 15 is 0 Å². The van der Waals surface area contributed by atoms with Gasteiger partial charge in [-0.25, -0.2) is 4.79 Å². The lowest BCUT2D eigenvalue weighted by Gasteiger charge is -2.32. The van der Waals surface area contributed by atoms with Crippen molar-refractivity contribution in [3.05, 3.63) is 34.0 Å². The SMILES string of the molecule is CCOC(=O)c1oc2ccc(Br)cc2c1CN1CCN(C)CC1. The van der Waals surface area contributed by atoms with Crippen molar-refractivity contribution in [3.8, 4) is 0 Å². The number of benzene rings is 1. The minimum atomic E-state index is -0.385. The van der Waals surface area contributed by atoms with Crippen molar-refractivity contribution in [3.63, 3.8) is 0 Å². The zero-order chi connectivity index (χ0) is 16.4. The molecule has 0 saturated carbocycles. The standard InChI is InChI=1S/C17H21BrN2O3/c1-3-22-17(21)16-14(11-20-8-6-19(2)7-9-20)13-10-12(18)4-5-15(13)23-16/h4-5,10H,3,6-9,11H2,1-2H3. The van der Waals surface area contributed by atoms with Gasteiger partial charge in [0.05, 0.1) is 6.61 Å². The fourth-order valence-electron chi connectivity index (χ4n) is 2.87. The summed E-state index contributed by atoms with van der Waals surface area (Å²) in [7, 11) is 2.13. The fourth-order valence-corrected chi connectivity index (χ4v) is 3.23. The van der Waals surface area contributed by atoms with Crippen molar-refractivity contribution in [1.29, 1.82) is 0 Å². The molecule has 2 aromatic rings. The Bertz CT molecular complexity index is 705. The van der Waals surface area contributed by atoms with Crippen molar-refractivity contribution in [2.24, 2.45) is 0 Å². The van der Waals surface area contributed by atoms with Crippen molar-refractivity contribution in [1.82, 2.24) is 9.80 Å². The van der Waals surface area contributed by atoms with Gasteiger partial charge in [-0.05, 0) is 32.2 Å². The maximum absolute atomic E-state index is 12.3.